The summed E-state index contributed by atoms with van der Waals surface area (Å²) >= 11 is 0. The van der Waals surface area contributed by atoms with Crippen molar-refractivity contribution in [2.24, 2.45) is 0 Å². The molecule has 0 radical (unpaired) electrons. The van der Waals surface area contributed by atoms with Gasteiger partial charge < -0.3 is 14.2 Å². The molecule has 1 atom stereocenters. The number of carbonyl (C=O) groups is 3. The van der Waals surface area contributed by atoms with Crippen molar-refractivity contribution in [3.8, 4) is 0 Å². The summed E-state index contributed by atoms with van der Waals surface area (Å²) in [7, 11) is 0. The quantitative estimate of drug-likeness (QED) is 0.0261. The first-order chi connectivity index (χ1) is 41.0. The first-order valence-corrected chi connectivity index (χ1v) is 36.8. The van der Waals surface area contributed by atoms with Gasteiger partial charge in [-0.2, -0.15) is 0 Å². The van der Waals surface area contributed by atoms with Crippen molar-refractivity contribution >= 4 is 17.9 Å². The molecule has 0 saturated carbocycles. The Morgan fingerprint density at radius 1 is 0.241 bits per heavy atom. The van der Waals surface area contributed by atoms with Gasteiger partial charge in [0.25, 0.3) is 0 Å². The minimum Gasteiger partial charge on any atom is -0.462 e. The lowest BCUT2D eigenvalue weighted by molar-refractivity contribution is -0.167. The first-order valence-electron chi connectivity index (χ1n) is 36.8. The third-order valence-electron chi connectivity index (χ3n) is 16.5. The second-order valence-corrected chi connectivity index (χ2v) is 24.8. The molecule has 0 rings (SSSR count). The van der Waals surface area contributed by atoms with Crippen molar-refractivity contribution in [2.45, 2.75) is 399 Å². The largest absolute Gasteiger partial charge is 0.462 e. The van der Waals surface area contributed by atoms with Crippen LogP contribution in [0.15, 0.2) is 60.8 Å². The Morgan fingerprint density at radius 2 is 0.434 bits per heavy atom. The lowest BCUT2D eigenvalue weighted by atomic mass is 10.0. The molecule has 0 saturated heterocycles. The minimum absolute atomic E-state index is 0.0735. The molecule has 484 valence electrons. The third-order valence-corrected chi connectivity index (χ3v) is 16.5. The van der Waals surface area contributed by atoms with Gasteiger partial charge in [0.15, 0.2) is 6.10 Å². The molecule has 0 aromatic heterocycles. The predicted octanol–water partition coefficient (Wildman–Crippen LogP) is 25.5. The van der Waals surface area contributed by atoms with Crippen LogP contribution in [0.4, 0.5) is 0 Å². The zero-order valence-electron chi connectivity index (χ0n) is 55.7. The van der Waals surface area contributed by atoms with Gasteiger partial charge in [0.1, 0.15) is 13.2 Å². The second kappa shape index (κ2) is 71.6. The van der Waals surface area contributed by atoms with Crippen LogP contribution in [-0.2, 0) is 28.6 Å². The molecule has 0 spiro atoms. The monoisotopic (exact) mass is 1160 g/mol. The molecule has 0 aromatic carbocycles. The Labute approximate surface area is 517 Å². The summed E-state index contributed by atoms with van der Waals surface area (Å²) in [6.45, 7) is 6.66. The standard InChI is InChI=1S/C77H140O6/c1-4-7-10-13-16-19-22-25-28-31-33-34-35-36-37-38-39-40-41-42-44-46-49-52-55-58-61-64-67-70-76(79)82-73-74(72-81-75(78)69-66-63-60-57-54-51-48-45-30-27-24-21-18-15-12-9-6-3)83-77(80)71-68-65-62-59-56-53-50-47-43-32-29-26-23-20-17-14-11-8-5-2/h17,20,22,25-27,29-31,33,74H,4-16,18-19,21,23-24,28,32,34-73H2,1-3H3/b20-17-,25-22-,29-26-,30-27-,33-31-. The van der Waals surface area contributed by atoms with Crippen molar-refractivity contribution in [3.63, 3.8) is 0 Å². The van der Waals surface area contributed by atoms with Crippen LogP contribution in [0, 0.1) is 0 Å². The lowest BCUT2D eigenvalue weighted by Crippen LogP contribution is -2.30. The number of hydrogen-bond acceptors (Lipinski definition) is 6. The maximum Gasteiger partial charge on any atom is 0.306 e. The van der Waals surface area contributed by atoms with Gasteiger partial charge in [-0.1, -0.05) is 326 Å². The summed E-state index contributed by atoms with van der Waals surface area (Å²) in [5.74, 6) is -0.857. The van der Waals surface area contributed by atoms with Crippen LogP contribution in [0.1, 0.15) is 393 Å². The number of rotatable bonds is 68. The number of unbranched alkanes of at least 4 members (excludes halogenated alkanes) is 47. The van der Waals surface area contributed by atoms with E-state index >= 15 is 0 Å². The zero-order valence-corrected chi connectivity index (χ0v) is 55.7. The summed E-state index contributed by atoms with van der Waals surface area (Å²) in [5.41, 5.74) is 0. The molecule has 0 N–H and O–H groups in total. The molecule has 0 aliphatic heterocycles. The highest BCUT2D eigenvalue weighted by atomic mass is 16.6. The van der Waals surface area contributed by atoms with E-state index in [0.29, 0.717) is 19.3 Å². The molecule has 0 aromatic rings. The molecule has 0 bridgehead atoms. The minimum atomic E-state index is -0.779. The highest BCUT2D eigenvalue weighted by molar-refractivity contribution is 5.71. The highest BCUT2D eigenvalue weighted by Crippen LogP contribution is 2.18. The summed E-state index contributed by atoms with van der Waals surface area (Å²) in [4.78, 5) is 38.5. The Balaban J connectivity index is 4.26. The lowest BCUT2D eigenvalue weighted by Gasteiger charge is -2.18. The normalized spacial score (nSPS) is 12.4. The van der Waals surface area contributed by atoms with Crippen molar-refractivity contribution in [3.05, 3.63) is 60.8 Å². The summed E-state index contributed by atoms with van der Waals surface area (Å²) in [6, 6.07) is 0. The number of allylic oxidation sites excluding steroid dienone is 10. The van der Waals surface area contributed by atoms with Gasteiger partial charge in [-0.25, -0.2) is 0 Å². The van der Waals surface area contributed by atoms with Gasteiger partial charge in [0.05, 0.1) is 0 Å². The SMILES string of the molecule is CCCCC/C=C\C/C=C\CCCCCCCCCCCC(=O)OC(COC(=O)CCCCCCCCC/C=C\CCCCCCCC)COC(=O)CCCCCCCCCCCCCCCCCCC/C=C\C/C=C\CCCCCCC. The van der Waals surface area contributed by atoms with E-state index in [0.717, 1.165) is 70.6 Å². The number of esters is 3. The first kappa shape index (κ1) is 80.1. The molecular weight excluding hydrogens is 1020 g/mol. The average molecular weight is 1160 g/mol. The van der Waals surface area contributed by atoms with Gasteiger partial charge in [0, 0.05) is 19.3 Å². The van der Waals surface area contributed by atoms with Crippen molar-refractivity contribution in [1.82, 2.24) is 0 Å². The molecule has 0 heterocycles. The van der Waals surface area contributed by atoms with Gasteiger partial charge in [-0.05, 0) is 109 Å². The van der Waals surface area contributed by atoms with E-state index in [1.807, 2.05) is 0 Å². The smallest absolute Gasteiger partial charge is 0.306 e. The number of hydrogen-bond donors (Lipinski definition) is 0. The molecule has 0 aliphatic carbocycles. The third kappa shape index (κ3) is 69.8. The van der Waals surface area contributed by atoms with Crippen LogP contribution in [-0.4, -0.2) is 37.2 Å². The topological polar surface area (TPSA) is 78.9 Å². The van der Waals surface area contributed by atoms with Gasteiger partial charge in [-0.3, -0.25) is 14.4 Å². The summed E-state index contributed by atoms with van der Waals surface area (Å²) in [6.07, 6.45) is 92.5. The molecule has 0 amide bonds. The van der Waals surface area contributed by atoms with Crippen LogP contribution >= 0.6 is 0 Å². The molecule has 83 heavy (non-hydrogen) atoms. The fraction of sp³-hybridized carbons (Fsp3) is 0.831. The molecule has 0 fully saturated rings. The summed E-state index contributed by atoms with van der Waals surface area (Å²) in [5, 5.41) is 0. The van der Waals surface area contributed by atoms with Gasteiger partial charge in [-0.15, -0.1) is 0 Å². The number of ether oxygens (including phenoxy) is 3. The van der Waals surface area contributed by atoms with Crippen LogP contribution in [0.3, 0.4) is 0 Å². The molecule has 1 unspecified atom stereocenters. The Morgan fingerprint density at radius 3 is 0.699 bits per heavy atom. The molecule has 6 heteroatoms. The van der Waals surface area contributed by atoms with Crippen molar-refractivity contribution < 1.29 is 28.6 Å². The maximum atomic E-state index is 13.0. The van der Waals surface area contributed by atoms with Crippen LogP contribution in [0.2, 0.25) is 0 Å². The number of carbonyl (C=O) groups excluding carboxylic acids is 3. The van der Waals surface area contributed by atoms with E-state index in [-0.39, 0.29) is 31.1 Å². The van der Waals surface area contributed by atoms with E-state index < -0.39 is 6.10 Å². The highest BCUT2D eigenvalue weighted by Gasteiger charge is 2.19. The Bertz CT molecular complexity index is 1470. The van der Waals surface area contributed by atoms with Crippen LogP contribution in [0.25, 0.3) is 0 Å². The second-order valence-electron chi connectivity index (χ2n) is 24.8. The molecule has 6 nitrogen and oxygen atoms in total. The van der Waals surface area contributed by atoms with Gasteiger partial charge >= 0.3 is 17.9 Å². The maximum absolute atomic E-state index is 13.0. The molecule has 0 aliphatic rings. The predicted molar refractivity (Wildman–Crippen MR) is 362 cm³/mol. The Kier molecular flexibility index (Phi) is 69.1. The van der Waals surface area contributed by atoms with Gasteiger partial charge in [0.2, 0.25) is 0 Å². The fourth-order valence-corrected chi connectivity index (χ4v) is 10.9. The van der Waals surface area contributed by atoms with Crippen molar-refractivity contribution in [1.29, 1.82) is 0 Å². The van der Waals surface area contributed by atoms with E-state index in [2.05, 4.69) is 81.5 Å². The van der Waals surface area contributed by atoms with Crippen molar-refractivity contribution in [2.75, 3.05) is 13.2 Å². The Hall–Kier alpha value is -2.89. The van der Waals surface area contributed by atoms with E-state index in [1.165, 1.54) is 283 Å². The van der Waals surface area contributed by atoms with Crippen LogP contribution in [0.5, 0.6) is 0 Å². The fourth-order valence-electron chi connectivity index (χ4n) is 10.9. The van der Waals surface area contributed by atoms with E-state index in [1.54, 1.807) is 0 Å². The van der Waals surface area contributed by atoms with E-state index in [4.69, 9.17) is 14.2 Å². The van der Waals surface area contributed by atoms with Crippen LogP contribution < -0.4 is 0 Å². The summed E-state index contributed by atoms with van der Waals surface area (Å²) < 4.78 is 17.0. The zero-order chi connectivity index (χ0) is 59.9. The average Bonchev–Trinajstić information content (AvgIpc) is 3.49. The van der Waals surface area contributed by atoms with E-state index in [9.17, 15) is 14.4 Å². The molecular formula is C77H140O6.